The van der Waals surface area contributed by atoms with E-state index in [2.05, 4.69) is 15.0 Å². The van der Waals surface area contributed by atoms with Crippen molar-refractivity contribution in [3.63, 3.8) is 0 Å². The summed E-state index contributed by atoms with van der Waals surface area (Å²) < 4.78 is 26.5. The topological polar surface area (TPSA) is 71.1 Å². The highest BCUT2D eigenvalue weighted by Gasteiger charge is 2.11. The van der Waals surface area contributed by atoms with Crippen molar-refractivity contribution in [2.45, 2.75) is 18.8 Å². The third kappa shape index (κ3) is 4.68. The van der Waals surface area contributed by atoms with Gasteiger partial charge in [-0.2, -0.15) is 0 Å². The minimum absolute atomic E-state index is 0.0157. The summed E-state index contributed by atoms with van der Waals surface area (Å²) in [6, 6.07) is 7.55. The van der Waals surface area contributed by atoms with E-state index in [-0.39, 0.29) is 12.3 Å². The molecule has 0 unspecified atom stereocenters. The van der Waals surface area contributed by atoms with Gasteiger partial charge in [0.1, 0.15) is 5.01 Å². The van der Waals surface area contributed by atoms with Crippen molar-refractivity contribution < 1.29 is 8.42 Å². The highest BCUT2D eigenvalue weighted by atomic mass is 32.2. The molecule has 1 aromatic heterocycles. The highest BCUT2D eigenvalue weighted by Crippen LogP contribution is 2.09. The largest absolute Gasteiger partial charge is 0.316 e. The Balaban J connectivity index is 1.93. The average Bonchev–Trinajstić information content (AvgIpc) is 2.92. The van der Waals surface area contributed by atoms with Crippen molar-refractivity contribution in [1.29, 1.82) is 0 Å². The van der Waals surface area contributed by atoms with Crippen molar-refractivity contribution in [2.24, 2.45) is 0 Å². The number of benzene rings is 1. The minimum atomic E-state index is -3.33. The number of nitrogens with one attached hydrogen (secondary N) is 2. The number of nitrogens with zero attached hydrogens (tertiary/aromatic N) is 1. The predicted molar refractivity (Wildman–Crippen MR) is 80.8 cm³/mol. The fourth-order valence-electron chi connectivity index (χ4n) is 1.74. The molecule has 0 fully saturated rings. The molecule has 2 rings (SSSR count). The molecule has 7 heteroatoms. The van der Waals surface area contributed by atoms with Crippen LogP contribution in [0, 0.1) is 0 Å². The van der Waals surface area contributed by atoms with Crippen molar-refractivity contribution in [3.8, 4) is 0 Å². The van der Waals surface area contributed by atoms with Crippen LogP contribution in [-0.4, -0.2) is 20.4 Å². The maximum absolute atomic E-state index is 12.0. The smallest absolute Gasteiger partial charge is 0.216 e. The van der Waals surface area contributed by atoms with Gasteiger partial charge in [-0.05, 0) is 18.2 Å². The van der Waals surface area contributed by atoms with E-state index < -0.39 is 10.0 Å². The molecule has 0 aliphatic carbocycles. The first-order chi connectivity index (χ1) is 9.59. The fourth-order valence-corrected chi connectivity index (χ4v) is 3.48. The van der Waals surface area contributed by atoms with Crippen LogP contribution >= 0.6 is 11.3 Å². The van der Waals surface area contributed by atoms with Gasteiger partial charge >= 0.3 is 0 Å². The fraction of sp³-hybridized carbons (Fsp3) is 0.308. The first kappa shape index (κ1) is 15.1. The Morgan fingerprint density at radius 2 is 1.85 bits per heavy atom. The van der Waals surface area contributed by atoms with E-state index in [4.69, 9.17) is 0 Å². The van der Waals surface area contributed by atoms with Crippen LogP contribution in [-0.2, 0) is 28.9 Å². The summed E-state index contributed by atoms with van der Waals surface area (Å²) in [4.78, 5) is 4.04. The third-order valence-electron chi connectivity index (χ3n) is 2.69. The summed E-state index contributed by atoms with van der Waals surface area (Å²) in [5, 5.41) is 5.64. The van der Waals surface area contributed by atoms with Gasteiger partial charge in [0.05, 0.1) is 12.3 Å². The Morgan fingerprint density at radius 3 is 2.45 bits per heavy atom. The van der Waals surface area contributed by atoms with Crippen LogP contribution in [0.15, 0.2) is 35.8 Å². The molecule has 0 radical (unpaired) electrons. The van der Waals surface area contributed by atoms with Gasteiger partial charge in [0, 0.05) is 18.1 Å². The second-order valence-corrected chi connectivity index (χ2v) is 7.14. The molecule has 0 aliphatic rings. The van der Waals surface area contributed by atoms with E-state index in [1.807, 2.05) is 36.7 Å². The summed E-state index contributed by atoms with van der Waals surface area (Å²) in [5.41, 5.74) is 1.90. The number of aromatic nitrogens is 1. The Labute approximate surface area is 123 Å². The molecule has 5 nitrogen and oxygen atoms in total. The molecule has 108 valence electrons. The number of sulfonamides is 1. The molecule has 0 aliphatic heterocycles. The maximum atomic E-state index is 12.0. The number of rotatable bonds is 7. The third-order valence-corrected chi connectivity index (χ3v) is 4.76. The maximum Gasteiger partial charge on any atom is 0.216 e. The normalized spacial score (nSPS) is 11.7. The number of thiazole rings is 1. The van der Waals surface area contributed by atoms with E-state index in [0.29, 0.717) is 0 Å². The molecule has 0 saturated carbocycles. The van der Waals surface area contributed by atoms with Crippen LogP contribution in [0.2, 0.25) is 0 Å². The molecule has 0 amide bonds. The van der Waals surface area contributed by atoms with Gasteiger partial charge < -0.3 is 5.32 Å². The lowest BCUT2D eigenvalue weighted by molar-refractivity contribution is 0.580. The molecule has 0 bridgehead atoms. The molecule has 2 aromatic rings. The molecular weight excluding hydrogens is 294 g/mol. The van der Waals surface area contributed by atoms with Gasteiger partial charge in [-0.3, -0.25) is 0 Å². The highest BCUT2D eigenvalue weighted by molar-refractivity contribution is 7.88. The van der Waals surface area contributed by atoms with Crippen molar-refractivity contribution in [2.75, 3.05) is 7.05 Å². The minimum Gasteiger partial charge on any atom is -0.316 e. The Bertz CT molecular complexity index is 622. The van der Waals surface area contributed by atoms with E-state index in [1.165, 1.54) is 11.3 Å². The van der Waals surface area contributed by atoms with Gasteiger partial charge in [-0.1, -0.05) is 24.3 Å². The summed E-state index contributed by atoms with van der Waals surface area (Å²) in [7, 11) is -1.46. The molecule has 2 N–H and O–H groups in total. The summed E-state index contributed by atoms with van der Waals surface area (Å²) in [5.74, 6) is -0.0157. The van der Waals surface area contributed by atoms with E-state index in [9.17, 15) is 8.42 Å². The van der Waals surface area contributed by atoms with Crippen LogP contribution in [0.1, 0.15) is 16.1 Å². The zero-order valence-corrected chi connectivity index (χ0v) is 12.8. The first-order valence-electron chi connectivity index (χ1n) is 6.17. The quantitative estimate of drug-likeness (QED) is 0.812. The van der Waals surface area contributed by atoms with Crippen LogP contribution in [0.3, 0.4) is 0 Å². The van der Waals surface area contributed by atoms with E-state index in [1.54, 1.807) is 6.20 Å². The van der Waals surface area contributed by atoms with Gasteiger partial charge in [-0.15, -0.1) is 11.3 Å². The molecule has 20 heavy (non-hydrogen) atoms. The molecule has 1 heterocycles. The Morgan fingerprint density at radius 1 is 1.15 bits per heavy atom. The van der Waals surface area contributed by atoms with Crippen molar-refractivity contribution in [3.05, 3.63) is 52.0 Å². The summed E-state index contributed by atoms with van der Waals surface area (Å²) in [6.07, 6.45) is 1.66. The number of hydrogen-bond donors (Lipinski definition) is 2. The predicted octanol–water partition coefficient (Wildman–Crippen LogP) is 1.48. The average molecular weight is 311 g/mol. The molecule has 0 saturated heterocycles. The van der Waals surface area contributed by atoms with Crippen molar-refractivity contribution >= 4 is 21.4 Å². The zero-order valence-electron chi connectivity index (χ0n) is 11.2. The molecule has 1 aromatic carbocycles. The van der Waals surface area contributed by atoms with Crippen LogP contribution in [0.25, 0.3) is 0 Å². The van der Waals surface area contributed by atoms with Gasteiger partial charge in [-0.25, -0.2) is 18.1 Å². The van der Waals surface area contributed by atoms with E-state index in [0.717, 1.165) is 22.7 Å². The van der Waals surface area contributed by atoms with Gasteiger partial charge in [0.15, 0.2) is 0 Å². The van der Waals surface area contributed by atoms with E-state index >= 15 is 0 Å². The van der Waals surface area contributed by atoms with Gasteiger partial charge in [0.25, 0.3) is 0 Å². The monoisotopic (exact) mass is 311 g/mol. The summed E-state index contributed by atoms with van der Waals surface area (Å²) in [6.45, 7) is 1.02. The second-order valence-electron chi connectivity index (χ2n) is 4.35. The Kier molecular flexibility index (Phi) is 5.24. The lowest BCUT2D eigenvalue weighted by Crippen LogP contribution is -2.24. The van der Waals surface area contributed by atoms with Crippen LogP contribution in [0.4, 0.5) is 0 Å². The van der Waals surface area contributed by atoms with Gasteiger partial charge in [0.2, 0.25) is 10.0 Å². The molecular formula is C13H17N3O2S2. The molecule has 0 atom stereocenters. The lowest BCUT2D eigenvalue weighted by Gasteiger charge is -2.06. The second kappa shape index (κ2) is 6.94. The zero-order chi connectivity index (χ0) is 14.4. The number of hydrogen-bond acceptors (Lipinski definition) is 5. The standard InChI is InChI=1S/C13H17N3O2S2/c1-14-8-11-2-4-12(5-3-11)10-20(17,18)16-9-13-15-6-7-19-13/h2-7,14,16H,8-10H2,1H3. The summed E-state index contributed by atoms with van der Waals surface area (Å²) >= 11 is 1.43. The lowest BCUT2D eigenvalue weighted by atomic mass is 10.1. The van der Waals surface area contributed by atoms with Crippen LogP contribution in [0.5, 0.6) is 0 Å². The Hall–Kier alpha value is -1.28. The SMILES string of the molecule is CNCc1ccc(CS(=O)(=O)NCc2nccs2)cc1. The van der Waals surface area contributed by atoms with Crippen molar-refractivity contribution in [1.82, 2.24) is 15.0 Å². The molecule has 0 spiro atoms. The van der Waals surface area contributed by atoms with Crippen LogP contribution < -0.4 is 10.0 Å². The first-order valence-corrected chi connectivity index (χ1v) is 8.70.